The zero-order valence-corrected chi connectivity index (χ0v) is 14.4. The summed E-state index contributed by atoms with van der Waals surface area (Å²) in [6, 6.07) is 11.2. The number of guanidine groups is 1. The zero-order valence-electron chi connectivity index (χ0n) is 14.4. The number of hydrogen-bond donors (Lipinski definition) is 3. The Hall–Kier alpha value is -3.29. The van der Waals surface area contributed by atoms with Crippen molar-refractivity contribution in [1.29, 1.82) is 0 Å². The molecule has 8 heteroatoms. The Labute approximate surface area is 151 Å². The van der Waals surface area contributed by atoms with Crippen LogP contribution in [0, 0.1) is 5.82 Å². The molecule has 0 unspecified atom stereocenters. The highest BCUT2D eigenvalue weighted by Crippen LogP contribution is 2.27. The van der Waals surface area contributed by atoms with Crippen LogP contribution in [0.3, 0.4) is 0 Å². The molecule has 138 valence electrons. The Bertz CT molecular complexity index is 760. The number of halogens is 1. The van der Waals surface area contributed by atoms with Gasteiger partial charge in [-0.1, -0.05) is 0 Å². The van der Waals surface area contributed by atoms with Gasteiger partial charge in [0.05, 0.1) is 6.61 Å². The third-order valence-electron chi connectivity index (χ3n) is 3.12. The van der Waals surface area contributed by atoms with Crippen LogP contribution >= 0.6 is 0 Å². The largest absolute Gasteiger partial charge is 0.490 e. The van der Waals surface area contributed by atoms with Gasteiger partial charge in [-0.15, -0.1) is 5.10 Å². The van der Waals surface area contributed by atoms with Gasteiger partial charge in [0.2, 0.25) is 6.21 Å². The van der Waals surface area contributed by atoms with Crippen molar-refractivity contribution in [1.82, 2.24) is 0 Å². The average molecular weight is 361 g/mol. The lowest BCUT2D eigenvalue weighted by atomic mass is 10.2. The van der Waals surface area contributed by atoms with Crippen LogP contribution in [0.15, 0.2) is 47.6 Å². The molecule has 0 atom stereocenters. The van der Waals surface area contributed by atoms with Crippen LogP contribution in [0.5, 0.6) is 17.2 Å². The first-order valence-electron chi connectivity index (χ1n) is 8.04. The SMILES string of the molecule is CCOc1cc(/C=[NH+]/N=C(N)N)ccc1OCCOc1ccc(F)cc1. The van der Waals surface area contributed by atoms with Crippen molar-refractivity contribution in [3.05, 3.63) is 53.8 Å². The molecule has 0 spiro atoms. The van der Waals surface area contributed by atoms with E-state index in [0.29, 0.717) is 37.1 Å². The third-order valence-corrected chi connectivity index (χ3v) is 3.12. The first-order chi connectivity index (χ1) is 12.6. The van der Waals surface area contributed by atoms with E-state index in [2.05, 4.69) is 10.2 Å². The lowest BCUT2D eigenvalue weighted by molar-refractivity contribution is -0.456. The Morgan fingerprint density at radius 2 is 1.77 bits per heavy atom. The maximum Gasteiger partial charge on any atom is 0.256 e. The highest BCUT2D eigenvalue weighted by molar-refractivity contribution is 5.78. The molecular formula is C18H22FN4O3+. The highest BCUT2D eigenvalue weighted by atomic mass is 19.1. The molecule has 2 aromatic rings. The van der Waals surface area contributed by atoms with Crippen LogP contribution in [-0.2, 0) is 0 Å². The number of ether oxygens (including phenoxy) is 3. The topological polar surface area (TPSA) is 106 Å². The molecule has 26 heavy (non-hydrogen) atoms. The number of benzene rings is 2. The highest BCUT2D eigenvalue weighted by Gasteiger charge is 2.07. The molecule has 0 saturated carbocycles. The molecule has 0 heterocycles. The van der Waals surface area contributed by atoms with Gasteiger partial charge in [-0.3, -0.25) is 0 Å². The molecule has 0 aromatic heterocycles. The lowest BCUT2D eigenvalue weighted by Gasteiger charge is -2.12. The summed E-state index contributed by atoms with van der Waals surface area (Å²) in [6.07, 6.45) is 1.63. The minimum absolute atomic E-state index is 0.0626. The number of nitrogens with one attached hydrogen (secondary N) is 1. The predicted molar refractivity (Wildman–Crippen MR) is 96.9 cm³/mol. The fourth-order valence-corrected chi connectivity index (χ4v) is 2.03. The van der Waals surface area contributed by atoms with Crippen LogP contribution in [0.2, 0.25) is 0 Å². The van der Waals surface area contributed by atoms with Crippen LogP contribution in [0.4, 0.5) is 4.39 Å². The van der Waals surface area contributed by atoms with Gasteiger partial charge < -0.3 is 25.7 Å². The van der Waals surface area contributed by atoms with Crippen molar-refractivity contribution in [2.45, 2.75) is 6.92 Å². The molecule has 0 amide bonds. The zero-order chi connectivity index (χ0) is 18.8. The quantitative estimate of drug-likeness (QED) is 0.259. The first kappa shape index (κ1) is 19.0. The van der Waals surface area contributed by atoms with Crippen molar-refractivity contribution < 1.29 is 23.7 Å². The van der Waals surface area contributed by atoms with Gasteiger partial charge in [-0.2, -0.15) is 0 Å². The Balaban J connectivity index is 1.93. The monoisotopic (exact) mass is 361 g/mol. The summed E-state index contributed by atoms with van der Waals surface area (Å²) in [5, 5.41) is 6.30. The molecule has 0 aliphatic rings. The fourth-order valence-electron chi connectivity index (χ4n) is 2.03. The molecule has 2 rings (SSSR count). The van der Waals surface area contributed by atoms with Crippen LogP contribution in [0.1, 0.15) is 12.5 Å². The van der Waals surface area contributed by atoms with Crippen molar-refractivity contribution in [2.75, 3.05) is 19.8 Å². The van der Waals surface area contributed by atoms with Crippen molar-refractivity contribution in [3.8, 4) is 17.2 Å². The summed E-state index contributed by atoms with van der Waals surface area (Å²) in [4.78, 5) is 0. The van der Waals surface area contributed by atoms with E-state index in [4.69, 9.17) is 25.7 Å². The number of hydrazone groups is 1. The lowest BCUT2D eigenvalue weighted by Crippen LogP contribution is -2.63. The van der Waals surface area contributed by atoms with Crippen LogP contribution in [-0.4, -0.2) is 32.0 Å². The molecule has 0 bridgehead atoms. The van der Waals surface area contributed by atoms with Gasteiger partial charge in [-0.05, 0) is 49.4 Å². The van der Waals surface area contributed by atoms with Crippen LogP contribution < -0.4 is 30.8 Å². The molecule has 0 saturated heterocycles. The maximum atomic E-state index is 12.8. The summed E-state index contributed by atoms with van der Waals surface area (Å²) in [5.74, 6) is 1.40. The van der Waals surface area contributed by atoms with E-state index in [1.165, 1.54) is 12.1 Å². The third kappa shape index (κ3) is 6.31. The minimum Gasteiger partial charge on any atom is -0.490 e. The molecule has 2 aromatic carbocycles. The number of hydrogen-bond acceptors (Lipinski definition) is 4. The number of nitrogens with two attached hydrogens (primary N) is 2. The van der Waals surface area contributed by atoms with E-state index in [1.54, 1.807) is 30.5 Å². The standard InChI is InChI=1S/C18H21FN4O3/c1-2-24-17-11-13(12-22-23-18(20)21)3-8-16(17)26-10-9-25-15-6-4-14(19)5-7-15/h3-8,11-12H,2,9-10H2,1H3,(H4,20,21,23)/p+1/b22-12+. The predicted octanol–water partition coefficient (Wildman–Crippen LogP) is 0.370. The second-order valence-electron chi connectivity index (χ2n) is 5.10. The van der Waals surface area contributed by atoms with Gasteiger partial charge in [0.25, 0.3) is 5.96 Å². The molecule has 0 fully saturated rings. The molecular weight excluding hydrogens is 339 g/mol. The Morgan fingerprint density at radius 1 is 1.04 bits per heavy atom. The molecule has 5 N–H and O–H groups in total. The number of nitrogens with zero attached hydrogens (tertiary/aromatic N) is 1. The van der Waals surface area contributed by atoms with Gasteiger partial charge in [0.1, 0.15) is 24.8 Å². The normalized spacial score (nSPS) is 10.5. The van der Waals surface area contributed by atoms with Gasteiger partial charge >= 0.3 is 0 Å². The first-order valence-corrected chi connectivity index (χ1v) is 8.04. The summed E-state index contributed by atoms with van der Waals surface area (Å²) < 4.78 is 29.6. The summed E-state index contributed by atoms with van der Waals surface area (Å²) in [6.45, 7) is 3.01. The molecule has 0 radical (unpaired) electrons. The van der Waals surface area contributed by atoms with E-state index in [1.807, 2.05) is 13.0 Å². The second-order valence-corrected chi connectivity index (χ2v) is 5.10. The number of rotatable bonds is 9. The average Bonchev–Trinajstić information content (AvgIpc) is 2.61. The molecule has 7 nitrogen and oxygen atoms in total. The van der Waals surface area contributed by atoms with E-state index >= 15 is 0 Å². The summed E-state index contributed by atoms with van der Waals surface area (Å²) in [7, 11) is 0. The minimum atomic E-state index is -0.304. The van der Waals surface area contributed by atoms with Crippen molar-refractivity contribution >= 4 is 12.2 Å². The Kier molecular flexibility index (Phi) is 7.23. The molecule has 0 aliphatic carbocycles. The van der Waals surface area contributed by atoms with E-state index in [0.717, 1.165) is 5.56 Å². The van der Waals surface area contributed by atoms with Crippen LogP contribution in [0.25, 0.3) is 0 Å². The van der Waals surface area contributed by atoms with E-state index < -0.39 is 0 Å². The van der Waals surface area contributed by atoms with Gasteiger partial charge in [-0.25, -0.2) is 4.39 Å². The van der Waals surface area contributed by atoms with Gasteiger partial charge in [0.15, 0.2) is 11.5 Å². The van der Waals surface area contributed by atoms with Crippen molar-refractivity contribution in [2.24, 2.45) is 16.6 Å². The summed E-state index contributed by atoms with van der Waals surface area (Å²) in [5.41, 5.74) is 11.3. The smallest absolute Gasteiger partial charge is 0.256 e. The van der Waals surface area contributed by atoms with Crippen molar-refractivity contribution in [3.63, 3.8) is 0 Å². The summed E-state index contributed by atoms with van der Waals surface area (Å²) >= 11 is 0. The fraction of sp³-hybridized carbons (Fsp3) is 0.222. The van der Waals surface area contributed by atoms with E-state index in [-0.39, 0.29) is 11.8 Å². The van der Waals surface area contributed by atoms with Gasteiger partial charge in [0, 0.05) is 10.7 Å². The molecule has 0 aliphatic heterocycles. The maximum absolute atomic E-state index is 12.8. The second kappa shape index (κ2) is 9.87. The Morgan fingerprint density at radius 3 is 2.46 bits per heavy atom. The van der Waals surface area contributed by atoms with E-state index in [9.17, 15) is 4.39 Å².